The molecule has 1 heterocycles. The second kappa shape index (κ2) is 13.7. The summed E-state index contributed by atoms with van der Waals surface area (Å²) in [6.45, 7) is 4.43. The molecule has 1 aromatic heterocycles. The predicted octanol–water partition coefficient (Wildman–Crippen LogP) is 6.37. The van der Waals surface area contributed by atoms with E-state index in [1.807, 2.05) is 18.2 Å². The van der Waals surface area contributed by atoms with E-state index in [2.05, 4.69) is 24.1 Å². The van der Waals surface area contributed by atoms with Crippen LogP contribution in [0, 0.1) is 0 Å². The molecule has 0 aliphatic carbocycles. The van der Waals surface area contributed by atoms with E-state index in [-0.39, 0.29) is 17.6 Å². The molecular formula is C25H37N3O2. The molecule has 0 spiro atoms. The minimum absolute atomic E-state index is 0.183. The van der Waals surface area contributed by atoms with Gasteiger partial charge in [0.05, 0.1) is 0 Å². The first kappa shape index (κ1) is 23.8. The van der Waals surface area contributed by atoms with Crippen molar-refractivity contribution in [3.8, 4) is 0 Å². The summed E-state index contributed by atoms with van der Waals surface area (Å²) in [6.07, 6.45) is 14.7. The van der Waals surface area contributed by atoms with Gasteiger partial charge in [-0.3, -0.25) is 9.36 Å². The Balaban J connectivity index is 2.03. The second-order valence-corrected chi connectivity index (χ2v) is 8.03. The highest BCUT2D eigenvalue weighted by molar-refractivity contribution is 6.03. The molecule has 0 saturated heterocycles. The smallest absolute Gasteiger partial charge is 0.306 e. The van der Waals surface area contributed by atoms with Crippen LogP contribution in [0.25, 0.3) is 0 Å². The number of carbonyl (C=O) groups is 1. The summed E-state index contributed by atoms with van der Waals surface area (Å²) < 4.78 is 1.77. The molecule has 164 valence electrons. The molecule has 1 N–H and O–H groups in total. The van der Waals surface area contributed by atoms with Crippen LogP contribution in [-0.2, 0) is 0 Å². The number of nitrogens with one attached hydrogen (secondary N) is 1. The number of anilines is 1. The first-order valence-electron chi connectivity index (χ1n) is 11.6. The Hall–Kier alpha value is -2.43. The normalized spacial score (nSPS) is 11.9. The van der Waals surface area contributed by atoms with Crippen LogP contribution in [0.3, 0.4) is 0 Å². The highest BCUT2D eigenvalue weighted by Gasteiger charge is 2.14. The van der Waals surface area contributed by atoms with E-state index in [0.717, 1.165) is 25.7 Å². The zero-order chi connectivity index (χ0) is 21.6. The van der Waals surface area contributed by atoms with Crippen LogP contribution in [-0.4, -0.2) is 15.5 Å². The van der Waals surface area contributed by atoms with Gasteiger partial charge in [-0.15, -0.1) is 0 Å². The Kier molecular flexibility index (Phi) is 10.9. The van der Waals surface area contributed by atoms with Crippen molar-refractivity contribution in [1.82, 2.24) is 9.55 Å². The number of benzene rings is 1. The number of amides is 1. The molecule has 1 aromatic carbocycles. The minimum atomic E-state index is -0.282. The number of carbonyl (C=O) groups excluding carboxylic acids is 1. The lowest BCUT2D eigenvalue weighted by Gasteiger charge is -2.20. The van der Waals surface area contributed by atoms with Gasteiger partial charge < -0.3 is 5.32 Å². The van der Waals surface area contributed by atoms with Gasteiger partial charge in [0.1, 0.15) is 5.82 Å². The van der Waals surface area contributed by atoms with Gasteiger partial charge in [0.15, 0.2) is 0 Å². The molecule has 5 nitrogen and oxygen atoms in total. The standard InChI is InChI=1S/C25H37N3O2/c1-3-5-7-9-14-18-22(17-13-8-6-4-2)28-20-19-23(27-25(28)30)26-24(29)21-15-11-10-12-16-21/h10-12,15-16,19-20,22H,3-9,13-14,17-18H2,1-2H3,(H,26,27,29,30). The Morgan fingerprint density at radius 3 is 2.10 bits per heavy atom. The molecule has 0 aliphatic rings. The van der Waals surface area contributed by atoms with Crippen molar-refractivity contribution in [1.29, 1.82) is 0 Å². The summed E-state index contributed by atoms with van der Waals surface area (Å²) >= 11 is 0. The van der Waals surface area contributed by atoms with Crippen molar-refractivity contribution in [2.24, 2.45) is 0 Å². The Morgan fingerprint density at radius 2 is 1.50 bits per heavy atom. The van der Waals surface area contributed by atoms with Crippen LogP contribution < -0.4 is 11.0 Å². The second-order valence-electron chi connectivity index (χ2n) is 8.03. The summed E-state index contributed by atoms with van der Waals surface area (Å²) in [5.74, 6) is 0.0464. The number of unbranched alkanes of at least 4 members (excludes halogenated alkanes) is 7. The zero-order valence-electron chi connectivity index (χ0n) is 18.6. The Bertz CT molecular complexity index is 802. The van der Waals surface area contributed by atoms with E-state index < -0.39 is 0 Å². The zero-order valence-corrected chi connectivity index (χ0v) is 18.6. The van der Waals surface area contributed by atoms with Crippen molar-refractivity contribution in [2.45, 2.75) is 90.5 Å². The summed E-state index contributed by atoms with van der Waals surface area (Å²) in [4.78, 5) is 29.2. The predicted molar refractivity (Wildman–Crippen MR) is 124 cm³/mol. The third-order valence-electron chi connectivity index (χ3n) is 5.53. The maximum Gasteiger partial charge on any atom is 0.349 e. The molecule has 0 fully saturated rings. The fourth-order valence-corrected chi connectivity index (χ4v) is 3.75. The van der Waals surface area contributed by atoms with Crippen LogP contribution in [0.2, 0.25) is 0 Å². The molecule has 1 atom stereocenters. The Morgan fingerprint density at radius 1 is 0.900 bits per heavy atom. The lowest BCUT2D eigenvalue weighted by Crippen LogP contribution is -2.28. The maximum absolute atomic E-state index is 12.7. The van der Waals surface area contributed by atoms with E-state index in [1.54, 1.807) is 29.0 Å². The monoisotopic (exact) mass is 411 g/mol. The average Bonchev–Trinajstić information content (AvgIpc) is 2.76. The maximum atomic E-state index is 12.7. The Labute approximate surface area is 180 Å². The molecule has 2 rings (SSSR count). The molecule has 1 amide bonds. The molecule has 1 unspecified atom stereocenters. The summed E-state index contributed by atoms with van der Waals surface area (Å²) in [7, 11) is 0. The van der Waals surface area contributed by atoms with Crippen LogP contribution in [0.1, 0.15) is 101 Å². The van der Waals surface area contributed by atoms with Gasteiger partial charge >= 0.3 is 5.69 Å². The van der Waals surface area contributed by atoms with Gasteiger partial charge in [0.2, 0.25) is 0 Å². The van der Waals surface area contributed by atoms with Crippen molar-refractivity contribution in [2.75, 3.05) is 5.32 Å². The van der Waals surface area contributed by atoms with Crippen LogP contribution >= 0.6 is 0 Å². The molecule has 0 radical (unpaired) electrons. The fraction of sp³-hybridized carbons (Fsp3) is 0.560. The third kappa shape index (κ3) is 8.13. The van der Waals surface area contributed by atoms with Gasteiger partial charge in [0, 0.05) is 17.8 Å². The minimum Gasteiger partial charge on any atom is -0.306 e. The number of nitrogens with zero attached hydrogens (tertiary/aromatic N) is 2. The van der Waals surface area contributed by atoms with Gasteiger partial charge in [-0.05, 0) is 31.0 Å². The van der Waals surface area contributed by atoms with Gasteiger partial charge in [-0.2, -0.15) is 4.98 Å². The van der Waals surface area contributed by atoms with Crippen molar-refractivity contribution < 1.29 is 4.79 Å². The molecule has 0 bridgehead atoms. The van der Waals surface area contributed by atoms with E-state index in [0.29, 0.717) is 11.4 Å². The van der Waals surface area contributed by atoms with Gasteiger partial charge in [-0.1, -0.05) is 89.8 Å². The first-order chi connectivity index (χ1) is 14.7. The van der Waals surface area contributed by atoms with Crippen LogP contribution in [0.15, 0.2) is 47.4 Å². The summed E-state index contributed by atoms with van der Waals surface area (Å²) in [5.41, 5.74) is 0.263. The molecular weight excluding hydrogens is 374 g/mol. The third-order valence-corrected chi connectivity index (χ3v) is 5.53. The SMILES string of the molecule is CCCCCCCC(CCCCCC)n1ccc(NC(=O)c2ccccc2)nc1=O. The number of aromatic nitrogens is 2. The summed E-state index contributed by atoms with van der Waals surface area (Å²) in [6, 6.07) is 10.9. The quantitative estimate of drug-likeness (QED) is 0.367. The van der Waals surface area contributed by atoms with Crippen molar-refractivity contribution >= 4 is 11.7 Å². The van der Waals surface area contributed by atoms with E-state index in [4.69, 9.17) is 0 Å². The average molecular weight is 412 g/mol. The van der Waals surface area contributed by atoms with E-state index >= 15 is 0 Å². The van der Waals surface area contributed by atoms with Crippen molar-refractivity contribution in [3.63, 3.8) is 0 Å². The molecule has 5 heteroatoms. The number of rotatable bonds is 14. The van der Waals surface area contributed by atoms with Crippen LogP contribution in [0.4, 0.5) is 5.82 Å². The van der Waals surface area contributed by atoms with Crippen molar-refractivity contribution in [3.05, 3.63) is 58.6 Å². The number of hydrogen-bond donors (Lipinski definition) is 1. The lowest BCUT2D eigenvalue weighted by atomic mass is 10.0. The topological polar surface area (TPSA) is 64.0 Å². The van der Waals surface area contributed by atoms with Gasteiger partial charge in [0.25, 0.3) is 5.91 Å². The highest BCUT2D eigenvalue weighted by atomic mass is 16.2. The van der Waals surface area contributed by atoms with Crippen LogP contribution in [0.5, 0.6) is 0 Å². The molecule has 2 aromatic rings. The number of hydrogen-bond acceptors (Lipinski definition) is 3. The largest absolute Gasteiger partial charge is 0.349 e. The summed E-state index contributed by atoms with van der Waals surface area (Å²) in [5, 5.41) is 2.73. The lowest BCUT2D eigenvalue weighted by molar-refractivity contribution is 0.102. The molecule has 30 heavy (non-hydrogen) atoms. The van der Waals surface area contributed by atoms with Gasteiger partial charge in [-0.25, -0.2) is 4.79 Å². The first-order valence-corrected chi connectivity index (χ1v) is 11.6. The fourth-order valence-electron chi connectivity index (χ4n) is 3.75. The molecule has 0 saturated carbocycles. The van der Waals surface area contributed by atoms with E-state index in [9.17, 15) is 9.59 Å². The van der Waals surface area contributed by atoms with E-state index in [1.165, 1.54) is 44.9 Å². The highest BCUT2D eigenvalue weighted by Crippen LogP contribution is 2.22. The molecule has 0 aliphatic heterocycles.